The molecule has 3 rings (SSSR count). The summed E-state index contributed by atoms with van der Waals surface area (Å²) in [7, 11) is -2.56. The van der Waals surface area contributed by atoms with Gasteiger partial charge < -0.3 is 10.3 Å². The molecule has 1 amide bonds. The monoisotopic (exact) mass is 421 g/mol. The second-order valence-electron chi connectivity index (χ2n) is 7.10. The molecule has 0 saturated carbocycles. The molecule has 2 aromatic carbocycles. The van der Waals surface area contributed by atoms with E-state index in [0.717, 1.165) is 12.1 Å². The van der Waals surface area contributed by atoms with Gasteiger partial charge in [-0.1, -0.05) is 6.58 Å². The number of hydrogen-bond acceptors (Lipinski definition) is 3. The molecule has 0 saturated heterocycles. The van der Waals surface area contributed by atoms with Gasteiger partial charge in [0.05, 0.1) is 22.5 Å². The lowest BCUT2D eigenvalue weighted by Crippen LogP contribution is -2.15. The lowest BCUT2D eigenvalue weighted by Gasteiger charge is -2.09. The minimum Gasteiger partial charge on any atom is -0.366 e. The topological polar surface area (TPSA) is 78.0 Å². The Balaban J connectivity index is 2.18. The van der Waals surface area contributed by atoms with Crippen molar-refractivity contribution in [3.63, 3.8) is 0 Å². The summed E-state index contributed by atoms with van der Waals surface area (Å²) < 4.78 is 52.5. The van der Waals surface area contributed by atoms with Gasteiger partial charge in [0.15, 0.2) is 0 Å². The molecule has 0 radical (unpaired) electrons. The first kappa shape index (κ1) is 20.9. The lowest BCUT2D eigenvalue weighted by atomic mass is 10.1. The molecule has 9 heteroatoms. The molecule has 0 bridgehead atoms. The fourth-order valence-corrected chi connectivity index (χ4v) is 3.79. The molecule has 3 aromatic rings. The van der Waals surface area contributed by atoms with Crippen molar-refractivity contribution < 1.29 is 22.5 Å². The van der Waals surface area contributed by atoms with Crippen molar-refractivity contribution in [2.45, 2.75) is 12.6 Å². The van der Waals surface area contributed by atoms with Crippen LogP contribution in [-0.2, 0) is 22.0 Å². The molecule has 29 heavy (non-hydrogen) atoms. The highest BCUT2D eigenvalue weighted by atomic mass is 31.2. The Labute approximate surface area is 165 Å². The van der Waals surface area contributed by atoms with Crippen molar-refractivity contribution in [2.24, 2.45) is 5.73 Å². The van der Waals surface area contributed by atoms with E-state index < -0.39 is 24.8 Å². The largest absolute Gasteiger partial charge is 0.416 e. The summed E-state index contributed by atoms with van der Waals surface area (Å²) >= 11 is 0. The number of rotatable bonds is 5. The van der Waals surface area contributed by atoms with E-state index in [1.807, 2.05) is 0 Å². The van der Waals surface area contributed by atoms with Crippen molar-refractivity contribution in [3.05, 3.63) is 65.9 Å². The first-order valence-electron chi connectivity index (χ1n) is 8.60. The third-order valence-electron chi connectivity index (χ3n) is 4.53. The number of nitrogens with zero attached hydrogens (tertiary/aromatic N) is 2. The zero-order valence-corrected chi connectivity index (χ0v) is 16.7. The van der Waals surface area contributed by atoms with Gasteiger partial charge in [0.2, 0.25) is 5.91 Å². The van der Waals surface area contributed by atoms with Crippen LogP contribution in [0.4, 0.5) is 13.2 Å². The molecule has 1 heterocycles. The normalized spacial score (nSPS) is 12.3. The van der Waals surface area contributed by atoms with Gasteiger partial charge in [-0.3, -0.25) is 4.79 Å². The third-order valence-corrected chi connectivity index (χ3v) is 6.05. The molecule has 0 unspecified atom stereocenters. The van der Waals surface area contributed by atoms with E-state index in [0.29, 0.717) is 27.6 Å². The van der Waals surface area contributed by atoms with Crippen LogP contribution in [0.2, 0.25) is 0 Å². The molecular formula is C20H19F3N3O2P. The van der Waals surface area contributed by atoms with Gasteiger partial charge in [-0.05, 0) is 55.8 Å². The molecule has 0 atom stereocenters. The van der Waals surface area contributed by atoms with Crippen molar-refractivity contribution in [2.75, 3.05) is 13.3 Å². The summed E-state index contributed by atoms with van der Waals surface area (Å²) in [4.78, 5) is 11.4. The Bertz CT molecular complexity index is 1160. The van der Waals surface area contributed by atoms with Crippen LogP contribution in [0.3, 0.4) is 0 Å². The van der Waals surface area contributed by atoms with Crippen LogP contribution in [0.25, 0.3) is 16.6 Å². The van der Waals surface area contributed by atoms with Gasteiger partial charge in [-0.15, -0.1) is 0 Å². The van der Waals surface area contributed by atoms with Crippen LogP contribution in [0.15, 0.2) is 54.6 Å². The van der Waals surface area contributed by atoms with Crippen LogP contribution in [0.5, 0.6) is 0 Å². The number of carbonyl (C=O) groups is 1. The van der Waals surface area contributed by atoms with Gasteiger partial charge in [0.1, 0.15) is 7.14 Å². The number of alkyl halides is 3. The van der Waals surface area contributed by atoms with Crippen LogP contribution < -0.4 is 11.0 Å². The number of fused-ring (bicyclic) bond motifs is 1. The van der Waals surface area contributed by atoms with E-state index in [1.165, 1.54) is 16.8 Å². The highest BCUT2D eigenvalue weighted by Crippen LogP contribution is 2.36. The van der Waals surface area contributed by atoms with Crippen LogP contribution in [-0.4, -0.2) is 29.0 Å². The Kier molecular flexibility index (Phi) is 5.17. The van der Waals surface area contributed by atoms with Crippen molar-refractivity contribution in [1.29, 1.82) is 0 Å². The Morgan fingerprint density at radius 2 is 1.79 bits per heavy atom. The minimum atomic E-state index is -4.44. The summed E-state index contributed by atoms with van der Waals surface area (Å²) in [5.41, 5.74) is 6.15. The van der Waals surface area contributed by atoms with Gasteiger partial charge in [-0.2, -0.15) is 18.3 Å². The van der Waals surface area contributed by atoms with Gasteiger partial charge >= 0.3 is 6.18 Å². The van der Waals surface area contributed by atoms with E-state index in [9.17, 15) is 22.5 Å². The molecule has 1 aromatic heterocycles. The van der Waals surface area contributed by atoms with E-state index in [2.05, 4.69) is 11.7 Å². The highest BCUT2D eigenvalue weighted by Gasteiger charge is 2.30. The van der Waals surface area contributed by atoms with E-state index in [1.54, 1.807) is 31.5 Å². The number of carbonyl (C=O) groups excluding carboxylic acids is 1. The summed E-state index contributed by atoms with van der Waals surface area (Å²) in [6.45, 7) is 6.92. The minimum absolute atomic E-state index is 0.0701. The smallest absolute Gasteiger partial charge is 0.366 e. The predicted octanol–water partition coefficient (Wildman–Crippen LogP) is 3.88. The van der Waals surface area contributed by atoms with Crippen molar-refractivity contribution in [1.82, 2.24) is 9.78 Å². The van der Waals surface area contributed by atoms with Crippen LogP contribution in [0.1, 0.15) is 11.3 Å². The Hall–Kier alpha value is -2.86. The van der Waals surface area contributed by atoms with Gasteiger partial charge in [0.25, 0.3) is 0 Å². The molecule has 152 valence electrons. The lowest BCUT2D eigenvalue weighted by molar-refractivity contribution is -0.137. The summed E-state index contributed by atoms with van der Waals surface area (Å²) in [6, 6.07) is 9.74. The maximum Gasteiger partial charge on any atom is 0.416 e. The fourth-order valence-electron chi connectivity index (χ4n) is 2.91. The second-order valence-corrected chi connectivity index (χ2v) is 10.3. The maximum absolute atomic E-state index is 12.9. The van der Waals surface area contributed by atoms with Crippen LogP contribution in [0, 0.1) is 0 Å². The average molecular weight is 421 g/mol. The Morgan fingerprint density at radius 1 is 1.17 bits per heavy atom. The zero-order valence-electron chi connectivity index (χ0n) is 15.8. The number of primary amides is 1. The molecule has 0 aliphatic heterocycles. The van der Waals surface area contributed by atoms with E-state index in [4.69, 9.17) is 5.73 Å². The molecule has 0 aliphatic carbocycles. The first-order valence-corrected chi connectivity index (χ1v) is 11.2. The Morgan fingerprint density at radius 3 is 2.31 bits per heavy atom. The highest BCUT2D eigenvalue weighted by molar-refractivity contribution is 7.70. The number of benzene rings is 2. The van der Waals surface area contributed by atoms with Crippen molar-refractivity contribution >= 4 is 29.3 Å². The summed E-state index contributed by atoms with van der Waals surface area (Å²) in [6.07, 6.45) is -4.37. The zero-order chi connectivity index (χ0) is 21.6. The second kappa shape index (κ2) is 7.19. The quantitative estimate of drug-likeness (QED) is 0.502. The number of halogens is 3. The van der Waals surface area contributed by atoms with E-state index >= 15 is 0 Å². The molecular weight excluding hydrogens is 402 g/mol. The number of hydrogen-bond donors (Lipinski definition) is 1. The fraction of sp³-hybridized carbons (Fsp3) is 0.200. The molecule has 0 fully saturated rings. The predicted molar refractivity (Wildman–Crippen MR) is 107 cm³/mol. The molecule has 2 N–H and O–H groups in total. The van der Waals surface area contributed by atoms with Gasteiger partial charge in [0, 0.05) is 22.7 Å². The maximum atomic E-state index is 12.9. The standard InChI is InChI=1S/C20H19F3N3O2P/c1-12(19(24)27)10-17-16-11-15(29(2,3)28)8-9-18(16)26(25-17)14-6-4-13(5-7-14)20(21,22)23/h4-9,11H,1,10H2,2-3H3,(H2,24,27). The van der Waals surface area contributed by atoms with Crippen molar-refractivity contribution in [3.8, 4) is 5.69 Å². The number of nitrogens with two attached hydrogens (primary N) is 1. The number of amides is 1. The summed E-state index contributed by atoms with van der Waals surface area (Å²) in [5, 5.41) is 5.73. The van der Waals surface area contributed by atoms with Gasteiger partial charge in [-0.25, -0.2) is 4.68 Å². The SMILES string of the molecule is C=C(Cc1nn(-c2ccc(C(F)(F)F)cc2)c2ccc(P(C)(C)=O)cc12)C(N)=O. The molecule has 5 nitrogen and oxygen atoms in total. The van der Waals surface area contributed by atoms with E-state index in [-0.39, 0.29) is 12.0 Å². The molecule has 0 spiro atoms. The number of aromatic nitrogens is 2. The third kappa shape index (κ3) is 4.27. The van der Waals surface area contributed by atoms with Crippen LogP contribution >= 0.6 is 7.14 Å². The average Bonchev–Trinajstić information content (AvgIpc) is 2.98. The first-order chi connectivity index (χ1) is 13.4. The summed E-state index contributed by atoms with van der Waals surface area (Å²) in [5.74, 6) is -0.671. The molecule has 0 aliphatic rings.